The molecule has 0 atom stereocenters. The minimum atomic E-state index is -0.0833. The van der Waals surface area contributed by atoms with Gasteiger partial charge < -0.3 is 11.1 Å². The van der Waals surface area contributed by atoms with E-state index in [-0.39, 0.29) is 5.91 Å². The molecule has 0 spiro atoms. The molecule has 24 heavy (non-hydrogen) atoms. The van der Waals surface area contributed by atoms with Gasteiger partial charge in [-0.2, -0.15) is 0 Å². The maximum Gasteiger partial charge on any atom is 0.255 e. The van der Waals surface area contributed by atoms with Crippen molar-refractivity contribution in [2.75, 3.05) is 18.4 Å². The van der Waals surface area contributed by atoms with Crippen LogP contribution < -0.4 is 11.1 Å². The lowest BCUT2D eigenvalue weighted by Gasteiger charge is -2.26. The summed E-state index contributed by atoms with van der Waals surface area (Å²) >= 11 is 0. The third-order valence-electron chi connectivity index (χ3n) is 4.52. The SMILES string of the molecule is NCc1ccc(NC(=O)c2ccc(CN3CCCCC3)cc2)cc1. The van der Waals surface area contributed by atoms with Gasteiger partial charge in [0.15, 0.2) is 0 Å². The van der Waals surface area contributed by atoms with Crippen molar-refractivity contribution in [3.63, 3.8) is 0 Å². The highest BCUT2D eigenvalue weighted by molar-refractivity contribution is 6.04. The molecule has 2 aromatic carbocycles. The molecule has 1 amide bonds. The second-order valence-corrected chi connectivity index (χ2v) is 6.39. The predicted octanol–water partition coefficient (Wildman–Crippen LogP) is 3.38. The fourth-order valence-electron chi connectivity index (χ4n) is 3.06. The van der Waals surface area contributed by atoms with Crippen molar-refractivity contribution < 1.29 is 4.79 Å². The summed E-state index contributed by atoms with van der Waals surface area (Å²) in [4.78, 5) is 14.8. The predicted molar refractivity (Wildman–Crippen MR) is 97.9 cm³/mol. The molecule has 0 aliphatic carbocycles. The van der Waals surface area contributed by atoms with Crippen LogP contribution in [0.3, 0.4) is 0 Å². The average molecular weight is 323 g/mol. The van der Waals surface area contributed by atoms with Gasteiger partial charge in [0, 0.05) is 24.3 Å². The third-order valence-corrected chi connectivity index (χ3v) is 4.52. The Hall–Kier alpha value is -2.17. The quantitative estimate of drug-likeness (QED) is 0.887. The van der Waals surface area contributed by atoms with E-state index >= 15 is 0 Å². The second kappa shape index (κ2) is 8.08. The zero-order valence-electron chi connectivity index (χ0n) is 14.0. The number of nitrogens with zero attached hydrogens (tertiary/aromatic N) is 1. The lowest BCUT2D eigenvalue weighted by Crippen LogP contribution is -2.29. The van der Waals surface area contributed by atoms with E-state index in [1.807, 2.05) is 36.4 Å². The van der Waals surface area contributed by atoms with Crippen LogP contribution in [0.15, 0.2) is 48.5 Å². The lowest BCUT2D eigenvalue weighted by atomic mass is 10.1. The van der Waals surface area contributed by atoms with Gasteiger partial charge in [0.1, 0.15) is 0 Å². The lowest BCUT2D eigenvalue weighted by molar-refractivity contribution is 0.102. The Morgan fingerprint density at radius 2 is 1.54 bits per heavy atom. The van der Waals surface area contributed by atoms with E-state index in [0.29, 0.717) is 12.1 Å². The largest absolute Gasteiger partial charge is 0.326 e. The molecule has 0 saturated carbocycles. The Balaban J connectivity index is 1.58. The van der Waals surface area contributed by atoms with E-state index in [1.54, 1.807) is 0 Å². The summed E-state index contributed by atoms with van der Waals surface area (Å²) in [5, 5.41) is 2.92. The fraction of sp³-hybridized carbons (Fsp3) is 0.350. The van der Waals surface area contributed by atoms with Crippen LogP contribution in [0.4, 0.5) is 5.69 Å². The molecule has 0 unspecified atom stereocenters. The second-order valence-electron chi connectivity index (χ2n) is 6.39. The highest BCUT2D eigenvalue weighted by Gasteiger charge is 2.11. The Labute approximate surface area is 143 Å². The highest BCUT2D eigenvalue weighted by Crippen LogP contribution is 2.15. The number of anilines is 1. The van der Waals surface area contributed by atoms with Crippen molar-refractivity contribution in [2.24, 2.45) is 5.73 Å². The Morgan fingerprint density at radius 1 is 0.917 bits per heavy atom. The molecule has 4 nitrogen and oxygen atoms in total. The molecule has 1 aliphatic heterocycles. The zero-order valence-corrected chi connectivity index (χ0v) is 14.0. The number of nitrogens with one attached hydrogen (secondary N) is 1. The molecule has 126 valence electrons. The normalized spacial score (nSPS) is 15.2. The van der Waals surface area contributed by atoms with Crippen LogP contribution in [-0.2, 0) is 13.1 Å². The minimum absolute atomic E-state index is 0.0833. The molecule has 0 bridgehead atoms. The van der Waals surface area contributed by atoms with E-state index in [2.05, 4.69) is 22.3 Å². The van der Waals surface area contributed by atoms with Crippen LogP contribution in [0, 0.1) is 0 Å². The first-order valence-electron chi connectivity index (χ1n) is 8.66. The Bertz CT molecular complexity index is 658. The van der Waals surface area contributed by atoms with Crippen molar-refractivity contribution in [3.05, 3.63) is 65.2 Å². The molecule has 3 rings (SSSR count). The summed E-state index contributed by atoms with van der Waals surface area (Å²) in [6.45, 7) is 3.84. The van der Waals surface area contributed by atoms with Crippen LogP contribution in [0.1, 0.15) is 40.7 Å². The molecule has 3 N–H and O–H groups in total. The van der Waals surface area contributed by atoms with Gasteiger partial charge in [-0.1, -0.05) is 30.7 Å². The highest BCUT2D eigenvalue weighted by atomic mass is 16.1. The van der Waals surface area contributed by atoms with Crippen molar-refractivity contribution in [2.45, 2.75) is 32.4 Å². The third kappa shape index (κ3) is 4.43. The first kappa shape index (κ1) is 16.7. The van der Waals surface area contributed by atoms with Crippen molar-refractivity contribution in [3.8, 4) is 0 Å². The van der Waals surface area contributed by atoms with Crippen molar-refractivity contribution in [1.29, 1.82) is 0 Å². The summed E-state index contributed by atoms with van der Waals surface area (Å²) in [6, 6.07) is 15.5. The summed E-state index contributed by atoms with van der Waals surface area (Å²) < 4.78 is 0. The maximum absolute atomic E-state index is 12.3. The molecule has 1 heterocycles. The van der Waals surface area contributed by atoms with Gasteiger partial charge in [-0.15, -0.1) is 0 Å². The molecule has 0 aromatic heterocycles. The molecule has 4 heteroatoms. The summed E-state index contributed by atoms with van der Waals surface area (Å²) in [7, 11) is 0. The van der Waals surface area contributed by atoms with Gasteiger partial charge in [0.05, 0.1) is 0 Å². The average Bonchev–Trinajstić information content (AvgIpc) is 2.64. The molecule has 0 radical (unpaired) electrons. The minimum Gasteiger partial charge on any atom is -0.326 e. The number of carbonyl (C=O) groups is 1. The zero-order chi connectivity index (χ0) is 16.8. The van der Waals surface area contributed by atoms with Crippen LogP contribution in [0.5, 0.6) is 0 Å². The van der Waals surface area contributed by atoms with Gasteiger partial charge >= 0.3 is 0 Å². The smallest absolute Gasteiger partial charge is 0.255 e. The number of hydrogen-bond acceptors (Lipinski definition) is 3. The number of carbonyl (C=O) groups excluding carboxylic acids is 1. The van der Waals surface area contributed by atoms with E-state index in [9.17, 15) is 4.79 Å². The fourth-order valence-corrected chi connectivity index (χ4v) is 3.06. The number of likely N-dealkylation sites (tertiary alicyclic amines) is 1. The van der Waals surface area contributed by atoms with Crippen LogP contribution in [-0.4, -0.2) is 23.9 Å². The van der Waals surface area contributed by atoms with E-state index in [0.717, 1.165) is 17.8 Å². The molecule has 1 saturated heterocycles. The summed E-state index contributed by atoms with van der Waals surface area (Å²) in [5.41, 5.74) is 9.37. The molecule has 1 aliphatic rings. The molecular weight excluding hydrogens is 298 g/mol. The number of rotatable bonds is 5. The number of piperidine rings is 1. The van der Waals surface area contributed by atoms with Gasteiger partial charge in [-0.3, -0.25) is 9.69 Å². The van der Waals surface area contributed by atoms with Gasteiger partial charge in [0.2, 0.25) is 0 Å². The topological polar surface area (TPSA) is 58.4 Å². The number of benzene rings is 2. The molecule has 2 aromatic rings. The Morgan fingerprint density at radius 3 is 2.17 bits per heavy atom. The standard InChI is InChI=1S/C20H25N3O/c21-14-16-6-10-19(11-7-16)22-20(24)18-8-4-17(5-9-18)15-23-12-2-1-3-13-23/h4-11H,1-3,12-15,21H2,(H,22,24). The first-order valence-corrected chi connectivity index (χ1v) is 8.66. The van der Waals surface area contributed by atoms with Gasteiger partial charge in [-0.25, -0.2) is 0 Å². The monoisotopic (exact) mass is 323 g/mol. The summed E-state index contributed by atoms with van der Waals surface area (Å²) in [6.07, 6.45) is 3.94. The number of nitrogens with two attached hydrogens (primary N) is 1. The van der Waals surface area contributed by atoms with Crippen molar-refractivity contribution in [1.82, 2.24) is 4.90 Å². The van der Waals surface area contributed by atoms with Crippen LogP contribution in [0.2, 0.25) is 0 Å². The number of hydrogen-bond donors (Lipinski definition) is 2. The van der Waals surface area contributed by atoms with E-state index in [1.165, 1.54) is 37.9 Å². The molecule has 1 fully saturated rings. The van der Waals surface area contributed by atoms with Crippen LogP contribution in [0.25, 0.3) is 0 Å². The van der Waals surface area contributed by atoms with Gasteiger partial charge in [-0.05, 0) is 61.3 Å². The number of amides is 1. The Kier molecular flexibility index (Phi) is 5.62. The van der Waals surface area contributed by atoms with E-state index < -0.39 is 0 Å². The van der Waals surface area contributed by atoms with E-state index in [4.69, 9.17) is 5.73 Å². The first-order chi connectivity index (χ1) is 11.7. The van der Waals surface area contributed by atoms with Crippen LogP contribution >= 0.6 is 0 Å². The van der Waals surface area contributed by atoms with Gasteiger partial charge in [0.25, 0.3) is 5.91 Å². The maximum atomic E-state index is 12.3. The summed E-state index contributed by atoms with van der Waals surface area (Å²) in [5.74, 6) is -0.0833. The van der Waals surface area contributed by atoms with Crippen molar-refractivity contribution >= 4 is 11.6 Å². The molecular formula is C20H25N3O.